The topological polar surface area (TPSA) is 69.2 Å². The molecule has 0 radical (unpaired) electrons. The molecule has 0 aliphatic carbocycles. The number of hydrogen-bond acceptors (Lipinski definition) is 3. The Morgan fingerprint density at radius 1 is 1.16 bits per heavy atom. The van der Waals surface area contributed by atoms with E-state index in [-0.39, 0.29) is 0 Å². The fraction of sp³-hybridized carbons (Fsp3) is 0.167. The average Bonchev–Trinajstić information content (AvgIpc) is 2.35. The Bertz CT molecular complexity index is 640. The van der Waals surface area contributed by atoms with Gasteiger partial charge in [0, 0.05) is 6.07 Å². The Balaban J connectivity index is 2.70. The summed E-state index contributed by atoms with van der Waals surface area (Å²) in [6.07, 6.45) is -4.73. The maximum Gasteiger partial charge on any atom is 0.407 e. The number of alkyl halides is 3. The summed E-state index contributed by atoms with van der Waals surface area (Å²) >= 11 is 0. The summed E-state index contributed by atoms with van der Waals surface area (Å²) < 4.78 is 37.9. The van der Waals surface area contributed by atoms with E-state index in [1.54, 1.807) is 24.3 Å². The minimum Gasteiger partial charge on any atom is -0.316 e. The molecule has 0 saturated heterocycles. The molecule has 4 nitrogen and oxygen atoms in total. The monoisotopic (exact) mass is 270 g/mol. The van der Waals surface area contributed by atoms with E-state index in [0.717, 1.165) is 12.1 Å². The van der Waals surface area contributed by atoms with Crippen LogP contribution >= 0.6 is 0 Å². The van der Waals surface area contributed by atoms with Gasteiger partial charge < -0.3 is 5.73 Å². The van der Waals surface area contributed by atoms with Gasteiger partial charge in [0.1, 0.15) is 6.04 Å². The number of nitro benzene ring substituents is 1. The van der Waals surface area contributed by atoms with Gasteiger partial charge in [-0.2, -0.15) is 13.2 Å². The van der Waals surface area contributed by atoms with Crippen LogP contribution in [0.5, 0.6) is 0 Å². The van der Waals surface area contributed by atoms with Crippen molar-refractivity contribution in [2.24, 2.45) is 5.73 Å². The van der Waals surface area contributed by atoms with Gasteiger partial charge in [-0.1, -0.05) is 24.3 Å². The molecule has 19 heavy (non-hydrogen) atoms. The van der Waals surface area contributed by atoms with Gasteiger partial charge in [0.15, 0.2) is 0 Å². The molecule has 2 rings (SSSR count). The van der Waals surface area contributed by atoms with Crippen molar-refractivity contribution in [3.05, 3.63) is 52.1 Å². The molecule has 0 aromatic heterocycles. The molecular formula is C12H9F3N2O2. The summed E-state index contributed by atoms with van der Waals surface area (Å²) in [4.78, 5) is 10.0. The van der Waals surface area contributed by atoms with Crippen LogP contribution in [-0.2, 0) is 0 Å². The van der Waals surface area contributed by atoms with E-state index in [1.165, 1.54) is 0 Å². The second-order valence-electron chi connectivity index (χ2n) is 4.03. The second-order valence-corrected chi connectivity index (χ2v) is 4.03. The highest BCUT2D eigenvalue weighted by molar-refractivity contribution is 5.86. The molecule has 7 heteroatoms. The molecule has 0 aliphatic rings. The molecule has 0 fully saturated rings. The molecule has 0 aliphatic heterocycles. The lowest BCUT2D eigenvalue weighted by atomic mass is 10.00. The smallest absolute Gasteiger partial charge is 0.316 e. The lowest BCUT2D eigenvalue weighted by Gasteiger charge is -2.16. The maximum absolute atomic E-state index is 12.6. The lowest BCUT2D eigenvalue weighted by Crippen LogP contribution is -2.29. The van der Waals surface area contributed by atoms with Gasteiger partial charge in [-0.3, -0.25) is 10.1 Å². The number of benzene rings is 2. The Labute approximate surface area is 105 Å². The number of nitrogens with zero attached hydrogens (tertiary/aromatic N) is 1. The van der Waals surface area contributed by atoms with Crippen LogP contribution in [0.3, 0.4) is 0 Å². The zero-order valence-electron chi connectivity index (χ0n) is 9.52. The van der Waals surface area contributed by atoms with E-state index in [9.17, 15) is 23.3 Å². The van der Waals surface area contributed by atoms with E-state index >= 15 is 0 Å². The molecule has 0 saturated carbocycles. The highest BCUT2D eigenvalue weighted by Crippen LogP contribution is 2.37. The van der Waals surface area contributed by atoms with Crippen molar-refractivity contribution >= 4 is 16.5 Å². The quantitative estimate of drug-likeness (QED) is 0.672. The van der Waals surface area contributed by atoms with Crippen LogP contribution in [0.15, 0.2) is 36.4 Å². The van der Waals surface area contributed by atoms with E-state index in [4.69, 9.17) is 5.73 Å². The minimum absolute atomic E-state index is 0.475. The second kappa shape index (κ2) is 4.51. The molecular weight excluding hydrogens is 261 g/mol. The van der Waals surface area contributed by atoms with Crippen LogP contribution < -0.4 is 5.73 Å². The molecule has 2 aromatic carbocycles. The first-order chi connectivity index (χ1) is 8.80. The Morgan fingerprint density at radius 3 is 2.16 bits per heavy atom. The molecule has 0 unspecified atom stereocenters. The standard InChI is InChI=1S/C12H9F3N2O2/c13-12(14,15)11(16)9-5-7-3-1-2-4-8(7)6-10(9)17(18)19/h1-6,11H,16H2/t11-/m0/s1. The Morgan fingerprint density at radius 2 is 1.68 bits per heavy atom. The molecule has 100 valence electrons. The number of hydrogen-bond donors (Lipinski definition) is 1. The molecule has 1 atom stereocenters. The predicted octanol–water partition coefficient (Wildman–Crippen LogP) is 3.31. The highest BCUT2D eigenvalue weighted by atomic mass is 19.4. The lowest BCUT2D eigenvalue weighted by molar-refractivity contribution is -0.386. The minimum atomic E-state index is -4.73. The van der Waals surface area contributed by atoms with Crippen LogP contribution in [-0.4, -0.2) is 11.1 Å². The van der Waals surface area contributed by atoms with E-state index in [0.29, 0.717) is 10.8 Å². The molecule has 2 aromatic rings. The zero-order valence-corrected chi connectivity index (χ0v) is 9.52. The summed E-state index contributed by atoms with van der Waals surface area (Å²) in [6.45, 7) is 0. The fourth-order valence-electron chi connectivity index (χ4n) is 1.83. The van der Waals surface area contributed by atoms with Crippen LogP contribution in [0.1, 0.15) is 11.6 Å². The first-order valence-electron chi connectivity index (χ1n) is 5.30. The highest BCUT2D eigenvalue weighted by Gasteiger charge is 2.41. The van der Waals surface area contributed by atoms with Crippen molar-refractivity contribution in [3.8, 4) is 0 Å². The van der Waals surface area contributed by atoms with Gasteiger partial charge in [-0.05, 0) is 16.8 Å². The van der Waals surface area contributed by atoms with Crippen molar-refractivity contribution in [2.75, 3.05) is 0 Å². The maximum atomic E-state index is 12.6. The first-order valence-corrected chi connectivity index (χ1v) is 5.30. The van der Waals surface area contributed by atoms with E-state index < -0.39 is 28.4 Å². The summed E-state index contributed by atoms with van der Waals surface area (Å²) in [5.74, 6) is 0. The number of halogens is 3. The summed E-state index contributed by atoms with van der Waals surface area (Å²) in [7, 11) is 0. The summed E-state index contributed by atoms with van der Waals surface area (Å²) in [5, 5.41) is 11.8. The fourth-order valence-corrected chi connectivity index (χ4v) is 1.83. The molecule has 2 N–H and O–H groups in total. The third-order valence-corrected chi connectivity index (χ3v) is 2.78. The van der Waals surface area contributed by atoms with Crippen molar-refractivity contribution in [2.45, 2.75) is 12.2 Å². The molecule has 0 amide bonds. The predicted molar refractivity (Wildman–Crippen MR) is 63.6 cm³/mol. The van der Waals surface area contributed by atoms with Crippen molar-refractivity contribution in [1.29, 1.82) is 0 Å². The van der Waals surface area contributed by atoms with Gasteiger partial charge in [-0.25, -0.2) is 0 Å². The SMILES string of the molecule is N[C@@H](c1cc2ccccc2cc1[N+](=O)[O-])C(F)(F)F. The first kappa shape index (κ1) is 13.3. The van der Waals surface area contributed by atoms with Crippen LogP contribution in [0.2, 0.25) is 0 Å². The molecule has 0 spiro atoms. The average molecular weight is 270 g/mol. The third kappa shape index (κ3) is 2.50. The molecule has 0 bridgehead atoms. The Hall–Kier alpha value is -2.15. The van der Waals surface area contributed by atoms with E-state index in [2.05, 4.69) is 0 Å². The number of rotatable bonds is 2. The van der Waals surface area contributed by atoms with Gasteiger partial charge in [0.2, 0.25) is 0 Å². The Kier molecular flexibility index (Phi) is 3.15. The third-order valence-electron chi connectivity index (χ3n) is 2.78. The summed E-state index contributed by atoms with van der Waals surface area (Å²) in [5.41, 5.74) is 3.92. The van der Waals surface area contributed by atoms with Gasteiger partial charge in [-0.15, -0.1) is 0 Å². The summed E-state index contributed by atoms with van der Waals surface area (Å²) in [6, 6.07) is 6.29. The van der Waals surface area contributed by atoms with Gasteiger partial charge >= 0.3 is 6.18 Å². The van der Waals surface area contributed by atoms with E-state index in [1.807, 2.05) is 0 Å². The van der Waals surface area contributed by atoms with Crippen molar-refractivity contribution in [3.63, 3.8) is 0 Å². The normalized spacial score (nSPS) is 13.5. The van der Waals surface area contributed by atoms with Crippen molar-refractivity contribution < 1.29 is 18.1 Å². The van der Waals surface area contributed by atoms with Crippen LogP contribution in [0.4, 0.5) is 18.9 Å². The number of nitro groups is 1. The van der Waals surface area contributed by atoms with Crippen molar-refractivity contribution in [1.82, 2.24) is 0 Å². The van der Waals surface area contributed by atoms with Crippen LogP contribution in [0.25, 0.3) is 10.8 Å². The zero-order chi connectivity index (χ0) is 14.2. The van der Waals surface area contributed by atoms with Gasteiger partial charge in [0.25, 0.3) is 5.69 Å². The number of fused-ring (bicyclic) bond motifs is 1. The molecule has 0 heterocycles. The van der Waals surface area contributed by atoms with Crippen LogP contribution in [0, 0.1) is 10.1 Å². The number of nitrogens with two attached hydrogens (primary N) is 1. The largest absolute Gasteiger partial charge is 0.407 e. The van der Waals surface area contributed by atoms with Gasteiger partial charge in [0.05, 0.1) is 10.5 Å².